The van der Waals surface area contributed by atoms with Crippen molar-refractivity contribution in [1.29, 1.82) is 5.26 Å². The lowest BCUT2D eigenvalue weighted by Crippen LogP contribution is -2.36. The molecular weight excluding hydrogens is 264 g/mol. The van der Waals surface area contributed by atoms with Crippen molar-refractivity contribution >= 4 is 10.8 Å². The Labute approximate surface area is 123 Å². The van der Waals surface area contributed by atoms with Gasteiger partial charge in [0.05, 0.1) is 24.3 Å². The Morgan fingerprint density at radius 2 is 2.10 bits per heavy atom. The van der Waals surface area contributed by atoms with Crippen LogP contribution in [0.2, 0.25) is 0 Å². The zero-order chi connectivity index (χ0) is 15.2. The molecule has 1 aromatic carbocycles. The maximum Gasteiger partial charge on any atom is 0.256 e. The highest BCUT2D eigenvalue weighted by atomic mass is 16.5. The number of fused-ring (bicyclic) bond motifs is 3. The van der Waals surface area contributed by atoms with Crippen LogP contribution in [0.5, 0.6) is 0 Å². The zero-order valence-corrected chi connectivity index (χ0v) is 12.5. The van der Waals surface area contributed by atoms with E-state index in [1.54, 1.807) is 18.2 Å². The van der Waals surface area contributed by atoms with Crippen LogP contribution >= 0.6 is 0 Å². The van der Waals surface area contributed by atoms with Gasteiger partial charge in [0, 0.05) is 23.1 Å². The smallest absolute Gasteiger partial charge is 0.256 e. The van der Waals surface area contributed by atoms with E-state index in [0.717, 1.165) is 16.6 Å². The summed E-state index contributed by atoms with van der Waals surface area (Å²) in [5.41, 5.74) is 2.44. The van der Waals surface area contributed by atoms with E-state index in [2.05, 4.69) is 31.8 Å². The van der Waals surface area contributed by atoms with Crippen molar-refractivity contribution in [3.63, 3.8) is 0 Å². The molecule has 2 aromatic rings. The number of rotatable bonds is 0. The second kappa shape index (κ2) is 4.71. The third-order valence-corrected chi connectivity index (χ3v) is 4.13. The summed E-state index contributed by atoms with van der Waals surface area (Å²) in [6.07, 6.45) is 0.776. The van der Waals surface area contributed by atoms with Gasteiger partial charge < -0.3 is 9.72 Å². The van der Waals surface area contributed by atoms with Gasteiger partial charge in [-0.1, -0.05) is 20.8 Å². The molecule has 0 spiro atoms. The number of aromatic nitrogens is 1. The molecular formula is C17H18N2O2. The summed E-state index contributed by atoms with van der Waals surface area (Å²) in [6, 6.07) is 7.29. The largest absolute Gasteiger partial charge is 0.373 e. The summed E-state index contributed by atoms with van der Waals surface area (Å²) in [6.45, 7) is 6.88. The molecule has 0 saturated heterocycles. The molecule has 1 atom stereocenters. The zero-order valence-electron chi connectivity index (χ0n) is 12.5. The van der Waals surface area contributed by atoms with Gasteiger partial charge in [-0.25, -0.2) is 0 Å². The molecule has 0 radical (unpaired) electrons. The first-order valence-corrected chi connectivity index (χ1v) is 7.09. The first kappa shape index (κ1) is 13.8. The third-order valence-electron chi connectivity index (χ3n) is 4.13. The van der Waals surface area contributed by atoms with Crippen LogP contribution in [-0.4, -0.2) is 11.1 Å². The fraction of sp³-hybridized carbons (Fsp3) is 0.412. The molecule has 1 aromatic heterocycles. The van der Waals surface area contributed by atoms with Crippen molar-refractivity contribution < 1.29 is 4.74 Å². The van der Waals surface area contributed by atoms with Crippen LogP contribution in [0.15, 0.2) is 23.0 Å². The van der Waals surface area contributed by atoms with Gasteiger partial charge in [0.2, 0.25) is 0 Å². The van der Waals surface area contributed by atoms with Crippen molar-refractivity contribution in [1.82, 2.24) is 4.98 Å². The summed E-state index contributed by atoms with van der Waals surface area (Å²) in [4.78, 5) is 15.2. The van der Waals surface area contributed by atoms with Crippen LogP contribution in [0.1, 0.15) is 37.6 Å². The minimum absolute atomic E-state index is 0.0258. The van der Waals surface area contributed by atoms with Gasteiger partial charge in [-0.3, -0.25) is 4.79 Å². The number of H-pyrrole nitrogens is 1. The summed E-state index contributed by atoms with van der Waals surface area (Å²) in [5, 5.41) is 10.5. The lowest BCUT2D eigenvalue weighted by molar-refractivity contribution is -0.0380. The molecule has 4 nitrogen and oxygen atoms in total. The fourth-order valence-corrected chi connectivity index (χ4v) is 2.83. The Kier molecular flexibility index (Phi) is 3.11. The Morgan fingerprint density at radius 3 is 2.76 bits per heavy atom. The molecule has 0 bridgehead atoms. The topological polar surface area (TPSA) is 65.9 Å². The molecule has 1 aliphatic rings. The van der Waals surface area contributed by atoms with E-state index >= 15 is 0 Å². The van der Waals surface area contributed by atoms with Crippen molar-refractivity contribution in [3.05, 3.63) is 45.4 Å². The summed E-state index contributed by atoms with van der Waals surface area (Å²) >= 11 is 0. The molecule has 2 heterocycles. The van der Waals surface area contributed by atoms with E-state index in [1.165, 1.54) is 0 Å². The normalized spacial score (nSPS) is 18.3. The van der Waals surface area contributed by atoms with Gasteiger partial charge in [-0.05, 0) is 29.0 Å². The van der Waals surface area contributed by atoms with Gasteiger partial charge in [-0.15, -0.1) is 0 Å². The standard InChI is InChI=1S/C17H18N2O2/c1-17(2,3)15-7-14-13(9-21-15)12-6-10(8-18)4-5-11(12)16(20)19-14/h4-6,15H,7,9H2,1-3H3,(H,19,20). The highest BCUT2D eigenvalue weighted by Crippen LogP contribution is 2.32. The first-order valence-electron chi connectivity index (χ1n) is 7.09. The van der Waals surface area contributed by atoms with Crippen molar-refractivity contribution in [2.45, 2.75) is 39.9 Å². The van der Waals surface area contributed by atoms with Gasteiger partial charge in [0.25, 0.3) is 5.56 Å². The average molecular weight is 282 g/mol. The lowest BCUT2D eigenvalue weighted by atomic mass is 9.83. The molecule has 3 rings (SSSR count). The number of pyridine rings is 1. The highest BCUT2D eigenvalue weighted by Gasteiger charge is 2.31. The number of nitrogens with zero attached hydrogens (tertiary/aromatic N) is 1. The molecule has 0 fully saturated rings. The number of hydrogen-bond donors (Lipinski definition) is 1. The lowest BCUT2D eigenvalue weighted by Gasteiger charge is -2.35. The number of nitrogens with one attached hydrogen (secondary N) is 1. The van der Waals surface area contributed by atoms with Crippen molar-refractivity contribution in [2.24, 2.45) is 5.41 Å². The van der Waals surface area contributed by atoms with Crippen molar-refractivity contribution in [3.8, 4) is 6.07 Å². The van der Waals surface area contributed by atoms with E-state index in [0.29, 0.717) is 24.0 Å². The van der Waals surface area contributed by atoms with Crippen LogP contribution in [0.25, 0.3) is 10.8 Å². The van der Waals surface area contributed by atoms with E-state index < -0.39 is 0 Å². The number of ether oxygens (including phenoxy) is 1. The van der Waals surface area contributed by atoms with E-state index in [1.807, 2.05) is 0 Å². The van der Waals surface area contributed by atoms with E-state index in [-0.39, 0.29) is 17.1 Å². The van der Waals surface area contributed by atoms with Crippen molar-refractivity contribution in [2.75, 3.05) is 0 Å². The van der Waals surface area contributed by atoms with E-state index in [9.17, 15) is 4.79 Å². The molecule has 1 unspecified atom stereocenters. The van der Waals surface area contributed by atoms with Crippen LogP contribution in [0, 0.1) is 16.7 Å². The van der Waals surface area contributed by atoms with Crippen LogP contribution in [0.4, 0.5) is 0 Å². The van der Waals surface area contributed by atoms with Gasteiger partial charge >= 0.3 is 0 Å². The maximum absolute atomic E-state index is 12.2. The van der Waals surface area contributed by atoms with Gasteiger partial charge in [-0.2, -0.15) is 5.26 Å². The molecule has 108 valence electrons. The minimum Gasteiger partial charge on any atom is -0.373 e. The predicted octanol–water partition coefficient (Wildman–Crippen LogP) is 2.89. The average Bonchev–Trinajstić information content (AvgIpc) is 2.45. The molecule has 0 amide bonds. The SMILES string of the molecule is CC(C)(C)C1Cc2[nH]c(=O)c3ccc(C#N)cc3c2CO1. The first-order chi connectivity index (χ1) is 9.90. The Bertz CT molecular complexity index is 806. The van der Waals surface area contributed by atoms with Gasteiger partial charge in [0.1, 0.15) is 0 Å². The number of nitriles is 1. The monoisotopic (exact) mass is 282 g/mol. The molecule has 1 aliphatic heterocycles. The Balaban J connectivity index is 2.19. The Hall–Kier alpha value is -2.12. The molecule has 0 aliphatic carbocycles. The maximum atomic E-state index is 12.2. The van der Waals surface area contributed by atoms with E-state index in [4.69, 9.17) is 10.00 Å². The van der Waals surface area contributed by atoms with Crippen LogP contribution in [-0.2, 0) is 17.8 Å². The predicted molar refractivity (Wildman–Crippen MR) is 81.0 cm³/mol. The molecule has 0 saturated carbocycles. The summed E-state index contributed by atoms with van der Waals surface area (Å²) < 4.78 is 5.99. The highest BCUT2D eigenvalue weighted by molar-refractivity contribution is 5.86. The minimum atomic E-state index is -0.0946. The fourth-order valence-electron chi connectivity index (χ4n) is 2.83. The third kappa shape index (κ3) is 2.34. The molecule has 21 heavy (non-hydrogen) atoms. The number of aromatic amines is 1. The second-order valence-electron chi connectivity index (χ2n) is 6.65. The van der Waals surface area contributed by atoms with Gasteiger partial charge in [0.15, 0.2) is 0 Å². The number of benzene rings is 1. The quantitative estimate of drug-likeness (QED) is 0.808. The Morgan fingerprint density at radius 1 is 1.33 bits per heavy atom. The molecule has 1 N–H and O–H groups in total. The summed E-state index contributed by atoms with van der Waals surface area (Å²) in [5.74, 6) is 0. The van der Waals surface area contributed by atoms with Crippen LogP contribution < -0.4 is 5.56 Å². The number of hydrogen-bond acceptors (Lipinski definition) is 3. The van der Waals surface area contributed by atoms with Crippen LogP contribution in [0.3, 0.4) is 0 Å². The second-order valence-corrected chi connectivity index (χ2v) is 6.65. The summed E-state index contributed by atoms with van der Waals surface area (Å²) in [7, 11) is 0. The molecule has 4 heteroatoms.